The van der Waals surface area contributed by atoms with Crippen LogP contribution in [-0.4, -0.2) is 25.7 Å². The number of carbonyl (C=O) groups is 1. The van der Waals surface area contributed by atoms with E-state index < -0.39 is 0 Å². The molecule has 0 aromatic rings. The molecular weight excluding hydrogens is 178 g/mol. The Hall–Kier alpha value is -1.09. The summed E-state index contributed by atoms with van der Waals surface area (Å²) in [5, 5.41) is 2.84. The van der Waals surface area contributed by atoms with Crippen LogP contribution in [0.4, 0.5) is 0 Å². The lowest BCUT2D eigenvalue weighted by molar-refractivity contribution is -0.117. The maximum absolute atomic E-state index is 11.3. The summed E-state index contributed by atoms with van der Waals surface area (Å²) in [5.41, 5.74) is 0.428. The Kier molecular flexibility index (Phi) is 4.40. The molecule has 3 heteroatoms. The van der Waals surface area contributed by atoms with Crippen LogP contribution in [0, 0.1) is 5.92 Å². The van der Waals surface area contributed by atoms with Crippen molar-refractivity contribution in [1.82, 2.24) is 5.32 Å². The summed E-state index contributed by atoms with van der Waals surface area (Å²) in [6.45, 7) is 9.41. The minimum Gasteiger partial charge on any atom is -0.381 e. The van der Waals surface area contributed by atoms with Gasteiger partial charge in [-0.3, -0.25) is 4.79 Å². The molecule has 14 heavy (non-hydrogen) atoms. The highest BCUT2D eigenvalue weighted by Crippen LogP contribution is 2.13. The number of nitrogens with one attached hydrogen (secondary N) is 1. The van der Waals surface area contributed by atoms with E-state index in [1.54, 1.807) is 0 Å². The quantitative estimate of drug-likeness (QED) is 0.542. The third kappa shape index (κ3) is 3.34. The Balaban J connectivity index is 2.21. The molecule has 1 N–H and O–H groups in total. The molecule has 0 spiro atoms. The van der Waals surface area contributed by atoms with Gasteiger partial charge < -0.3 is 10.1 Å². The third-order valence-corrected chi connectivity index (χ3v) is 2.43. The lowest BCUT2D eigenvalue weighted by Crippen LogP contribution is -2.32. The Morgan fingerprint density at radius 1 is 1.50 bits per heavy atom. The minimum absolute atomic E-state index is 0.119. The van der Waals surface area contributed by atoms with Gasteiger partial charge >= 0.3 is 0 Å². The topological polar surface area (TPSA) is 38.3 Å². The van der Waals surface area contributed by atoms with E-state index >= 15 is 0 Å². The largest absolute Gasteiger partial charge is 0.381 e. The molecule has 3 nitrogen and oxygen atoms in total. The fourth-order valence-electron chi connectivity index (χ4n) is 1.39. The Morgan fingerprint density at radius 3 is 2.71 bits per heavy atom. The summed E-state index contributed by atoms with van der Waals surface area (Å²) in [7, 11) is 0. The van der Waals surface area contributed by atoms with Crippen LogP contribution < -0.4 is 5.32 Å². The van der Waals surface area contributed by atoms with Gasteiger partial charge in [-0.25, -0.2) is 0 Å². The highest BCUT2D eigenvalue weighted by atomic mass is 16.5. The van der Waals surface area contributed by atoms with E-state index in [1.807, 2.05) is 0 Å². The average molecular weight is 195 g/mol. The molecule has 78 valence electrons. The molecule has 1 aliphatic rings. The number of hydrogen-bond donors (Lipinski definition) is 1. The monoisotopic (exact) mass is 195 g/mol. The first-order valence-corrected chi connectivity index (χ1v) is 4.91. The van der Waals surface area contributed by atoms with E-state index in [0.717, 1.165) is 32.6 Å². The SMILES string of the molecule is C=CC(=C)C(=O)NCC1CCOCC1. The van der Waals surface area contributed by atoms with Gasteiger partial charge in [0.15, 0.2) is 0 Å². The summed E-state index contributed by atoms with van der Waals surface area (Å²) in [6.07, 6.45) is 3.53. The van der Waals surface area contributed by atoms with Crippen molar-refractivity contribution in [3.8, 4) is 0 Å². The van der Waals surface area contributed by atoms with Crippen molar-refractivity contribution in [2.24, 2.45) is 5.92 Å². The van der Waals surface area contributed by atoms with Crippen LogP contribution in [0.15, 0.2) is 24.8 Å². The lowest BCUT2D eigenvalue weighted by atomic mass is 10.0. The van der Waals surface area contributed by atoms with E-state index in [9.17, 15) is 4.79 Å². The molecule has 0 unspecified atom stereocenters. The number of carbonyl (C=O) groups excluding carboxylic acids is 1. The van der Waals surface area contributed by atoms with E-state index in [4.69, 9.17) is 4.74 Å². The summed E-state index contributed by atoms with van der Waals surface area (Å²) < 4.78 is 5.23. The van der Waals surface area contributed by atoms with Crippen molar-refractivity contribution in [2.75, 3.05) is 19.8 Å². The number of amides is 1. The molecule has 1 aliphatic heterocycles. The van der Waals surface area contributed by atoms with Crippen molar-refractivity contribution in [1.29, 1.82) is 0 Å². The smallest absolute Gasteiger partial charge is 0.250 e. The maximum atomic E-state index is 11.3. The van der Waals surface area contributed by atoms with Crippen molar-refractivity contribution in [2.45, 2.75) is 12.8 Å². The highest BCUT2D eigenvalue weighted by Gasteiger charge is 2.14. The van der Waals surface area contributed by atoms with Crippen LogP contribution >= 0.6 is 0 Å². The zero-order chi connectivity index (χ0) is 10.4. The first-order chi connectivity index (χ1) is 6.74. The van der Waals surface area contributed by atoms with Crippen LogP contribution in [0.3, 0.4) is 0 Å². The van der Waals surface area contributed by atoms with Crippen LogP contribution in [0.1, 0.15) is 12.8 Å². The minimum atomic E-state index is -0.119. The van der Waals surface area contributed by atoms with Gasteiger partial charge in [0, 0.05) is 25.3 Å². The van der Waals surface area contributed by atoms with Crippen molar-refractivity contribution < 1.29 is 9.53 Å². The maximum Gasteiger partial charge on any atom is 0.250 e. The van der Waals surface area contributed by atoms with Crippen molar-refractivity contribution in [3.63, 3.8) is 0 Å². The molecule has 0 atom stereocenters. The van der Waals surface area contributed by atoms with Crippen molar-refractivity contribution in [3.05, 3.63) is 24.8 Å². The predicted molar refractivity (Wildman–Crippen MR) is 55.9 cm³/mol. The molecule has 0 saturated carbocycles. The molecule has 0 bridgehead atoms. The van der Waals surface area contributed by atoms with Gasteiger partial charge in [0.25, 0.3) is 5.91 Å². The molecule has 0 radical (unpaired) electrons. The molecule has 1 heterocycles. The molecule has 1 amide bonds. The van der Waals surface area contributed by atoms with Crippen LogP contribution in [0.5, 0.6) is 0 Å². The van der Waals surface area contributed by atoms with Gasteiger partial charge in [-0.2, -0.15) is 0 Å². The molecule has 1 rings (SSSR count). The second-order valence-electron chi connectivity index (χ2n) is 3.50. The lowest BCUT2D eigenvalue weighted by Gasteiger charge is -2.22. The fourth-order valence-corrected chi connectivity index (χ4v) is 1.39. The Morgan fingerprint density at radius 2 is 2.14 bits per heavy atom. The summed E-state index contributed by atoms with van der Waals surface area (Å²) >= 11 is 0. The van der Waals surface area contributed by atoms with E-state index in [0.29, 0.717) is 11.5 Å². The number of ether oxygens (including phenoxy) is 1. The van der Waals surface area contributed by atoms with Gasteiger partial charge in [-0.1, -0.05) is 19.2 Å². The van der Waals surface area contributed by atoms with E-state index in [-0.39, 0.29) is 5.91 Å². The van der Waals surface area contributed by atoms with E-state index in [2.05, 4.69) is 18.5 Å². The third-order valence-electron chi connectivity index (χ3n) is 2.43. The Bertz CT molecular complexity index is 229. The standard InChI is InChI=1S/C11H17NO2/c1-3-9(2)11(13)12-8-10-4-6-14-7-5-10/h3,10H,1-2,4-8H2,(H,12,13). The Labute approximate surface area is 84.8 Å². The number of hydrogen-bond acceptors (Lipinski definition) is 2. The normalized spacial score (nSPS) is 17.4. The first kappa shape index (κ1) is 11.0. The van der Waals surface area contributed by atoms with Gasteiger partial charge in [0.1, 0.15) is 0 Å². The summed E-state index contributed by atoms with van der Waals surface area (Å²) in [5.74, 6) is 0.428. The number of rotatable bonds is 4. The second kappa shape index (κ2) is 5.60. The van der Waals surface area contributed by atoms with Crippen LogP contribution in [0.2, 0.25) is 0 Å². The predicted octanol–water partition coefficient (Wildman–Crippen LogP) is 1.27. The second-order valence-corrected chi connectivity index (χ2v) is 3.50. The molecule has 1 saturated heterocycles. The van der Waals surface area contributed by atoms with E-state index in [1.165, 1.54) is 6.08 Å². The molecule has 0 aromatic heterocycles. The van der Waals surface area contributed by atoms with Gasteiger partial charge in [-0.15, -0.1) is 0 Å². The van der Waals surface area contributed by atoms with Gasteiger partial charge in [-0.05, 0) is 18.8 Å². The molecule has 0 aromatic carbocycles. The highest BCUT2D eigenvalue weighted by molar-refractivity contribution is 5.95. The van der Waals surface area contributed by atoms with Crippen LogP contribution in [-0.2, 0) is 9.53 Å². The zero-order valence-corrected chi connectivity index (χ0v) is 8.42. The summed E-state index contributed by atoms with van der Waals surface area (Å²) in [6, 6.07) is 0. The molecule has 1 fully saturated rings. The van der Waals surface area contributed by atoms with Gasteiger partial charge in [0.05, 0.1) is 0 Å². The van der Waals surface area contributed by atoms with Gasteiger partial charge in [0.2, 0.25) is 0 Å². The average Bonchev–Trinajstić information content (AvgIpc) is 2.26. The molecular formula is C11H17NO2. The zero-order valence-electron chi connectivity index (χ0n) is 8.42. The summed E-state index contributed by atoms with van der Waals surface area (Å²) in [4.78, 5) is 11.3. The van der Waals surface area contributed by atoms with Crippen molar-refractivity contribution >= 4 is 5.91 Å². The van der Waals surface area contributed by atoms with Crippen LogP contribution in [0.25, 0.3) is 0 Å². The first-order valence-electron chi connectivity index (χ1n) is 4.91. The fraction of sp³-hybridized carbons (Fsp3) is 0.545. The molecule has 0 aliphatic carbocycles.